The summed E-state index contributed by atoms with van der Waals surface area (Å²) < 4.78 is 5.94. The molecule has 1 amide bonds. The molecule has 128 valence electrons. The second-order valence-corrected chi connectivity index (χ2v) is 10.2. The van der Waals surface area contributed by atoms with Crippen LogP contribution in [0, 0.1) is 23.2 Å². The van der Waals surface area contributed by atoms with E-state index in [0.29, 0.717) is 35.3 Å². The Morgan fingerprint density at radius 2 is 2.04 bits per heavy atom. The molecule has 0 aromatic carbocycles. The molecule has 2 aliphatic heterocycles. The smallest absolute Gasteiger partial charge is 0.330 e. The number of carbonyl (C=O) groups excluding carboxylic acids is 2. The molecule has 2 saturated heterocycles. The minimum atomic E-state index is -0.376. The van der Waals surface area contributed by atoms with Gasteiger partial charge in [0.2, 0.25) is 5.91 Å². The standard InChI is InChI=1S/C18H27NO3S/c1-10-12-7-11(17(12,2)3)8-14(10)22-16(21)13-9-23-18(4)6-5-15(20)19(13)18/h10-14H,5-9H2,1-4H3/t10-,11-,12+,13-,14-,18-/m0/s1. The summed E-state index contributed by atoms with van der Waals surface area (Å²) >= 11 is 1.73. The Hall–Kier alpha value is -0.710. The highest BCUT2D eigenvalue weighted by Crippen LogP contribution is 2.61. The molecule has 4 nitrogen and oxygen atoms in total. The zero-order valence-electron chi connectivity index (χ0n) is 14.5. The molecule has 3 saturated carbocycles. The molecular weight excluding hydrogens is 310 g/mol. The lowest BCUT2D eigenvalue weighted by Gasteiger charge is -2.61. The van der Waals surface area contributed by atoms with E-state index in [9.17, 15) is 9.59 Å². The van der Waals surface area contributed by atoms with Crippen LogP contribution in [0.5, 0.6) is 0 Å². The first-order valence-corrected chi connectivity index (χ1v) is 9.89. The van der Waals surface area contributed by atoms with Gasteiger partial charge in [0.25, 0.3) is 0 Å². The average Bonchev–Trinajstić information content (AvgIpc) is 2.97. The van der Waals surface area contributed by atoms with Crippen molar-refractivity contribution in [3.05, 3.63) is 0 Å². The lowest BCUT2D eigenvalue weighted by atomic mass is 9.45. The van der Waals surface area contributed by atoms with Crippen LogP contribution >= 0.6 is 11.8 Å². The number of nitrogens with zero attached hydrogens (tertiary/aromatic N) is 1. The van der Waals surface area contributed by atoms with Gasteiger partial charge >= 0.3 is 5.97 Å². The van der Waals surface area contributed by atoms with Crippen LogP contribution in [-0.4, -0.2) is 39.5 Å². The molecule has 5 fully saturated rings. The average molecular weight is 337 g/mol. The second-order valence-electron chi connectivity index (χ2n) is 8.70. The van der Waals surface area contributed by atoms with Crippen LogP contribution in [0.1, 0.15) is 53.4 Å². The summed E-state index contributed by atoms with van der Waals surface area (Å²) in [4.78, 5) is 26.5. The third kappa shape index (κ3) is 2.11. The molecule has 0 aromatic rings. The number of rotatable bonds is 2. The van der Waals surface area contributed by atoms with Crippen molar-refractivity contribution < 1.29 is 14.3 Å². The Kier molecular flexibility index (Phi) is 3.37. The Balaban J connectivity index is 1.44. The summed E-state index contributed by atoms with van der Waals surface area (Å²) in [5.74, 6) is 2.38. The molecule has 5 aliphatic rings. The lowest BCUT2D eigenvalue weighted by Crippen LogP contribution is -2.58. The van der Waals surface area contributed by atoms with E-state index < -0.39 is 0 Å². The van der Waals surface area contributed by atoms with Gasteiger partial charge in [-0.15, -0.1) is 11.8 Å². The zero-order chi connectivity index (χ0) is 16.6. The molecular formula is C18H27NO3S. The van der Waals surface area contributed by atoms with Crippen molar-refractivity contribution in [2.75, 3.05) is 5.75 Å². The highest BCUT2D eigenvalue weighted by Gasteiger charge is 2.58. The van der Waals surface area contributed by atoms with Crippen molar-refractivity contribution >= 4 is 23.6 Å². The zero-order valence-corrected chi connectivity index (χ0v) is 15.3. The Bertz CT molecular complexity index is 562. The highest BCUT2D eigenvalue weighted by atomic mass is 32.2. The summed E-state index contributed by atoms with van der Waals surface area (Å²) in [6.45, 7) is 9.01. The van der Waals surface area contributed by atoms with Crippen LogP contribution in [-0.2, 0) is 14.3 Å². The van der Waals surface area contributed by atoms with Crippen molar-refractivity contribution in [1.82, 2.24) is 4.90 Å². The number of hydrogen-bond acceptors (Lipinski definition) is 4. The Morgan fingerprint density at radius 1 is 1.30 bits per heavy atom. The normalized spacial score (nSPS) is 47.2. The first kappa shape index (κ1) is 15.8. The van der Waals surface area contributed by atoms with E-state index >= 15 is 0 Å². The van der Waals surface area contributed by atoms with Crippen molar-refractivity contribution in [3.63, 3.8) is 0 Å². The minimum Gasteiger partial charge on any atom is -0.461 e. The summed E-state index contributed by atoms with van der Waals surface area (Å²) in [5, 5.41) is 0. The van der Waals surface area contributed by atoms with Gasteiger partial charge < -0.3 is 9.64 Å². The van der Waals surface area contributed by atoms with Gasteiger partial charge in [0.15, 0.2) is 0 Å². The van der Waals surface area contributed by atoms with Gasteiger partial charge in [-0.3, -0.25) is 4.79 Å². The van der Waals surface area contributed by atoms with Crippen LogP contribution in [0.4, 0.5) is 0 Å². The number of hydrogen-bond donors (Lipinski definition) is 0. The van der Waals surface area contributed by atoms with Gasteiger partial charge in [-0.25, -0.2) is 4.79 Å². The third-order valence-electron chi connectivity index (χ3n) is 7.27. The van der Waals surface area contributed by atoms with Crippen LogP contribution in [0.15, 0.2) is 0 Å². The maximum absolute atomic E-state index is 12.7. The molecule has 0 radical (unpaired) electrons. The molecule has 5 heteroatoms. The quantitative estimate of drug-likeness (QED) is 0.727. The topological polar surface area (TPSA) is 46.6 Å². The maximum Gasteiger partial charge on any atom is 0.330 e. The fourth-order valence-corrected chi connectivity index (χ4v) is 6.90. The molecule has 0 spiro atoms. The van der Waals surface area contributed by atoms with Gasteiger partial charge in [-0.1, -0.05) is 20.8 Å². The van der Waals surface area contributed by atoms with E-state index in [1.54, 1.807) is 16.7 Å². The molecule has 23 heavy (non-hydrogen) atoms. The van der Waals surface area contributed by atoms with E-state index in [0.717, 1.165) is 12.8 Å². The number of fused-ring (bicyclic) bond motifs is 3. The number of esters is 1. The first-order chi connectivity index (χ1) is 10.7. The summed E-state index contributed by atoms with van der Waals surface area (Å²) in [5.41, 5.74) is 0.398. The highest BCUT2D eigenvalue weighted by molar-refractivity contribution is 8.01. The molecule has 3 aliphatic carbocycles. The van der Waals surface area contributed by atoms with Crippen LogP contribution in [0.25, 0.3) is 0 Å². The van der Waals surface area contributed by atoms with Gasteiger partial charge in [-0.2, -0.15) is 0 Å². The van der Waals surface area contributed by atoms with E-state index in [1.807, 2.05) is 0 Å². The molecule has 5 rings (SSSR count). The van der Waals surface area contributed by atoms with E-state index in [1.165, 1.54) is 6.42 Å². The predicted octanol–water partition coefficient (Wildman–Crippen LogP) is 3.05. The molecule has 2 heterocycles. The van der Waals surface area contributed by atoms with Crippen molar-refractivity contribution in [2.24, 2.45) is 23.2 Å². The second kappa shape index (κ2) is 4.90. The number of ether oxygens (including phenoxy) is 1. The Morgan fingerprint density at radius 3 is 2.70 bits per heavy atom. The molecule has 0 aromatic heterocycles. The molecule has 0 N–H and O–H groups in total. The third-order valence-corrected chi connectivity index (χ3v) is 8.77. The maximum atomic E-state index is 12.7. The predicted molar refractivity (Wildman–Crippen MR) is 89.8 cm³/mol. The van der Waals surface area contributed by atoms with E-state index in [4.69, 9.17) is 4.74 Å². The fourth-order valence-electron chi connectivity index (χ4n) is 5.48. The molecule has 0 unspecified atom stereocenters. The fraction of sp³-hybridized carbons (Fsp3) is 0.889. The monoisotopic (exact) mass is 337 g/mol. The van der Waals surface area contributed by atoms with Crippen molar-refractivity contribution in [2.45, 2.75) is 70.4 Å². The Labute approximate surface area is 142 Å². The van der Waals surface area contributed by atoms with Crippen LogP contribution < -0.4 is 0 Å². The van der Waals surface area contributed by atoms with Gasteiger partial charge in [0.1, 0.15) is 12.1 Å². The van der Waals surface area contributed by atoms with Gasteiger partial charge in [-0.05, 0) is 49.4 Å². The first-order valence-electron chi connectivity index (χ1n) is 8.90. The number of amides is 1. The minimum absolute atomic E-state index is 0.0360. The van der Waals surface area contributed by atoms with E-state index in [-0.39, 0.29) is 28.9 Å². The van der Waals surface area contributed by atoms with Crippen molar-refractivity contribution in [1.29, 1.82) is 0 Å². The summed E-state index contributed by atoms with van der Waals surface area (Å²) in [6, 6.07) is -0.376. The molecule has 6 atom stereocenters. The SMILES string of the molecule is C[C@@H]1[C@@H](OC(=O)[C@@H]2CS[C@@]3(C)CCC(=O)N23)C[C@@H]2C[C@H]1C2(C)C. The van der Waals surface area contributed by atoms with Crippen LogP contribution in [0.3, 0.4) is 0 Å². The molecule has 2 bridgehead atoms. The van der Waals surface area contributed by atoms with Gasteiger partial charge in [0.05, 0.1) is 4.87 Å². The largest absolute Gasteiger partial charge is 0.461 e. The van der Waals surface area contributed by atoms with Crippen LogP contribution in [0.2, 0.25) is 0 Å². The number of carbonyl (C=O) groups is 2. The summed E-state index contributed by atoms with van der Waals surface area (Å²) in [7, 11) is 0. The number of thioether (sulfide) groups is 1. The van der Waals surface area contributed by atoms with E-state index in [2.05, 4.69) is 27.7 Å². The lowest BCUT2D eigenvalue weighted by molar-refractivity contribution is -0.190. The van der Waals surface area contributed by atoms with Gasteiger partial charge in [0, 0.05) is 12.2 Å². The summed E-state index contributed by atoms with van der Waals surface area (Å²) in [6.07, 6.45) is 3.71. The van der Waals surface area contributed by atoms with Crippen molar-refractivity contribution in [3.8, 4) is 0 Å².